The Bertz CT molecular complexity index is 766. The monoisotopic (exact) mass is 345 g/mol. The number of halogens is 1. The van der Waals surface area contributed by atoms with E-state index in [4.69, 9.17) is 23.8 Å². The average molecular weight is 346 g/mol. The number of hydrogen-bond donors (Lipinski definition) is 0. The molecule has 1 amide bonds. The molecule has 0 spiro atoms. The molecule has 1 saturated heterocycles. The van der Waals surface area contributed by atoms with Gasteiger partial charge < -0.3 is 0 Å². The number of rotatable bonds is 2. The summed E-state index contributed by atoms with van der Waals surface area (Å²) in [7, 11) is 0. The van der Waals surface area contributed by atoms with Crippen LogP contribution in [0.15, 0.2) is 53.4 Å². The molecular formula is C17H12ClNOS2. The summed E-state index contributed by atoms with van der Waals surface area (Å²) >= 11 is 12.5. The van der Waals surface area contributed by atoms with Gasteiger partial charge in [0.05, 0.1) is 10.6 Å². The number of carbonyl (C=O) groups is 1. The molecular weight excluding hydrogens is 334 g/mol. The van der Waals surface area contributed by atoms with E-state index in [1.807, 2.05) is 37.3 Å². The number of thiocarbonyl (C=S) groups is 1. The highest BCUT2D eigenvalue weighted by Crippen LogP contribution is 2.36. The maximum absolute atomic E-state index is 12.6. The second-order valence-electron chi connectivity index (χ2n) is 4.90. The van der Waals surface area contributed by atoms with Crippen LogP contribution >= 0.6 is 35.6 Å². The maximum Gasteiger partial charge on any atom is 0.270 e. The van der Waals surface area contributed by atoms with Crippen LogP contribution in [-0.4, -0.2) is 10.2 Å². The van der Waals surface area contributed by atoms with Crippen molar-refractivity contribution in [3.05, 3.63) is 69.6 Å². The van der Waals surface area contributed by atoms with Crippen molar-refractivity contribution in [3.8, 4) is 0 Å². The summed E-state index contributed by atoms with van der Waals surface area (Å²) in [6.07, 6.45) is 1.87. The number of amides is 1. The van der Waals surface area contributed by atoms with Crippen molar-refractivity contribution in [1.82, 2.24) is 0 Å². The Hall–Kier alpha value is -1.62. The molecule has 0 unspecified atom stereocenters. The Labute approximate surface area is 143 Å². The van der Waals surface area contributed by atoms with Gasteiger partial charge in [-0.1, -0.05) is 65.4 Å². The standard InChI is InChI=1S/C17H12ClNOS2/c1-11-2-4-12(5-3-11)10-15-16(20)19(17(21)22-15)14-8-6-13(18)7-9-14/h2-10H,1H3/b15-10-. The number of benzene rings is 2. The lowest BCUT2D eigenvalue weighted by atomic mass is 10.1. The molecule has 0 bridgehead atoms. The van der Waals surface area contributed by atoms with Crippen LogP contribution in [-0.2, 0) is 4.79 Å². The van der Waals surface area contributed by atoms with Gasteiger partial charge >= 0.3 is 0 Å². The number of carbonyl (C=O) groups excluding carboxylic acids is 1. The minimum atomic E-state index is -0.0992. The topological polar surface area (TPSA) is 20.3 Å². The minimum absolute atomic E-state index is 0.0992. The summed E-state index contributed by atoms with van der Waals surface area (Å²) in [4.78, 5) is 14.8. The number of aryl methyl sites for hydroxylation is 1. The molecule has 0 N–H and O–H groups in total. The molecule has 110 valence electrons. The third-order valence-electron chi connectivity index (χ3n) is 3.25. The molecule has 2 aromatic rings. The third kappa shape index (κ3) is 3.09. The zero-order valence-electron chi connectivity index (χ0n) is 11.7. The van der Waals surface area contributed by atoms with Crippen LogP contribution in [0.4, 0.5) is 5.69 Å². The largest absolute Gasteiger partial charge is 0.270 e. The van der Waals surface area contributed by atoms with Gasteiger partial charge in [0, 0.05) is 5.02 Å². The summed E-state index contributed by atoms with van der Waals surface area (Å²) in [5.41, 5.74) is 2.91. The molecule has 1 aliphatic rings. The van der Waals surface area contributed by atoms with Gasteiger partial charge in [0.1, 0.15) is 0 Å². The van der Waals surface area contributed by atoms with Crippen LogP contribution in [0.25, 0.3) is 6.08 Å². The van der Waals surface area contributed by atoms with Crippen molar-refractivity contribution in [1.29, 1.82) is 0 Å². The molecule has 5 heteroatoms. The van der Waals surface area contributed by atoms with Crippen LogP contribution in [0.1, 0.15) is 11.1 Å². The van der Waals surface area contributed by atoms with Gasteiger partial charge in [0.15, 0.2) is 4.32 Å². The van der Waals surface area contributed by atoms with E-state index in [9.17, 15) is 4.79 Å². The predicted molar refractivity (Wildman–Crippen MR) is 98.3 cm³/mol. The van der Waals surface area contributed by atoms with E-state index in [0.29, 0.717) is 14.2 Å². The van der Waals surface area contributed by atoms with E-state index in [-0.39, 0.29) is 5.91 Å². The highest BCUT2D eigenvalue weighted by molar-refractivity contribution is 8.27. The van der Waals surface area contributed by atoms with Gasteiger partial charge in [-0.3, -0.25) is 9.69 Å². The van der Waals surface area contributed by atoms with Gasteiger partial charge in [0.2, 0.25) is 0 Å². The third-order valence-corrected chi connectivity index (χ3v) is 4.81. The molecule has 22 heavy (non-hydrogen) atoms. The fourth-order valence-corrected chi connectivity index (χ4v) is 3.52. The summed E-state index contributed by atoms with van der Waals surface area (Å²) in [5, 5.41) is 0.629. The molecule has 2 nitrogen and oxygen atoms in total. The second kappa shape index (κ2) is 6.24. The van der Waals surface area contributed by atoms with Crippen LogP contribution in [0.2, 0.25) is 5.02 Å². The fourth-order valence-electron chi connectivity index (χ4n) is 2.09. The highest BCUT2D eigenvalue weighted by Gasteiger charge is 2.33. The Morgan fingerprint density at radius 2 is 1.73 bits per heavy atom. The van der Waals surface area contributed by atoms with Gasteiger partial charge in [-0.05, 0) is 42.8 Å². The van der Waals surface area contributed by atoms with Crippen molar-refractivity contribution in [2.24, 2.45) is 0 Å². The lowest BCUT2D eigenvalue weighted by molar-refractivity contribution is -0.113. The van der Waals surface area contributed by atoms with Crippen LogP contribution in [0, 0.1) is 6.92 Å². The quantitative estimate of drug-likeness (QED) is 0.561. The average Bonchev–Trinajstić information content (AvgIpc) is 2.77. The van der Waals surface area contributed by atoms with Crippen molar-refractivity contribution in [2.75, 3.05) is 4.90 Å². The zero-order valence-corrected chi connectivity index (χ0v) is 14.1. The SMILES string of the molecule is Cc1ccc(/C=C2\SC(=S)N(c3ccc(Cl)cc3)C2=O)cc1. The first-order valence-corrected chi connectivity index (χ1v) is 8.25. The van der Waals surface area contributed by atoms with Crippen molar-refractivity contribution in [3.63, 3.8) is 0 Å². The summed E-state index contributed by atoms with van der Waals surface area (Å²) in [6.45, 7) is 2.03. The van der Waals surface area contributed by atoms with Gasteiger partial charge in [0.25, 0.3) is 5.91 Å². The van der Waals surface area contributed by atoms with E-state index in [0.717, 1.165) is 11.3 Å². The molecule has 3 rings (SSSR count). The first-order chi connectivity index (χ1) is 10.5. The number of hydrogen-bond acceptors (Lipinski definition) is 3. The predicted octanol–water partition coefficient (Wildman–Crippen LogP) is 5.05. The minimum Gasteiger partial charge on any atom is -0.268 e. The van der Waals surface area contributed by atoms with E-state index < -0.39 is 0 Å². The smallest absolute Gasteiger partial charge is 0.268 e. The molecule has 1 heterocycles. The van der Waals surface area contributed by atoms with Crippen molar-refractivity contribution >= 4 is 57.6 Å². The second-order valence-corrected chi connectivity index (χ2v) is 7.02. The molecule has 0 atom stereocenters. The van der Waals surface area contributed by atoms with E-state index in [1.54, 1.807) is 24.3 Å². The lowest BCUT2D eigenvalue weighted by Gasteiger charge is -2.14. The summed E-state index contributed by atoms with van der Waals surface area (Å²) in [5.74, 6) is -0.0992. The summed E-state index contributed by atoms with van der Waals surface area (Å²) < 4.78 is 0.533. The van der Waals surface area contributed by atoms with Crippen LogP contribution in [0.5, 0.6) is 0 Å². The molecule has 1 aliphatic heterocycles. The molecule has 0 radical (unpaired) electrons. The van der Waals surface area contributed by atoms with Crippen LogP contribution < -0.4 is 4.90 Å². The molecule has 0 aliphatic carbocycles. The number of nitrogens with zero attached hydrogens (tertiary/aromatic N) is 1. The molecule has 1 fully saturated rings. The fraction of sp³-hybridized carbons (Fsp3) is 0.0588. The highest BCUT2D eigenvalue weighted by atomic mass is 35.5. The van der Waals surface area contributed by atoms with E-state index >= 15 is 0 Å². The van der Waals surface area contributed by atoms with E-state index in [2.05, 4.69) is 0 Å². The Balaban J connectivity index is 1.91. The lowest BCUT2D eigenvalue weighted by Crippen LogP contribution is -2.27. The molecule has 0 saturated carbocycles. The van der Waals surface area contributed by atoms with Crippen LogP contribution in [0.3, 0.4) is 0 Å². The Morgan fingerprint density at radius 1 is 1.09 bits per heavy atom. The Kier molecular flexibility index (Phi) is 4.34. The maximum atomic E-state index is 12.6. The van der Waals surface area contributed by atoms with Crippen molar-refractivity contribution in [2.45, 2.75) is 6.92 Å². The number of thioether (sulfide) groups is 1. The molecule has 0 aromatic heterocycles. The number of anilines is 1. The van der Waals surface area contributed by atoms with Gasteiger partial charge in [-0.2, -0.15) is 0 Å². The van der Waals surface area contributed by atoms with Crippen molar-refractivity contribution < 1.29 is 4.79 Å². The van der Waals surface area contributed by atoms with Gasteiger partial charge in [-0.15, -0.1) is 0 Å². The van der Waals surface area contributed by atoms with Gasteiger partial charge in [-0.25, -0.2) is 0 Å². The zero-order chi connectivity index (χ0) is 15.7. The Morgan fingerprint density at radius 3 is 2.36 bits per heavy atom. The normalized spacial score (nSPS) is 16.6. The first-order valence-electron chi connectivity index (χ1n) is 6.65. The first kappa shape index (κ1) is 15.3. The summed E-state index contributed by atoms with van der Waals surface area (Å²) in [6, 6.07) is 15.1. The molecule has 2 aromatic carbocycles. The van der Waals surface area contributed by atoms with E-state index in [1.165, 1.54) is 22.2 Å².